The van der Waals surface area contributed by atoms with E-state index in [0.717, 1.165) is 32.1 Å². The van der Waals surface area contributed by atoms with E-state index < -0.39 is 6.10 Å². The molecule has 23 heavy (non-hydrogen) atoms. The summed E-state index contributed by atoms with van der Waals surface area (Å²) in [6, 6.07) is 0. The lowest BCUT2D eigenvalue weighted by Crippen LogP contribution is -2.63. The van der Waals surface area contributed by atoms with E-state index in [2.05, 4.69) is 20.8 Å². The van der Waals surface area contributed by atoms with E-state index in [9.17, 15) is 15.3 Å². The lowest BCUT2D eigenvalue weighted by atomic mass is 9.39. The highest BCUT2D eigenvalue weighted by atomic mass is 16.3. The van der Waals surface area contributed by atoms with Gasteiger partial charge in [-0.25, -0.2) is 0 Å². The summed E-state index contributed by atoms with van der Waals surface area (Å²) in [7, 11) is 0. The highest BCUT2D eigenvalue weighted by Gasteiger charge is 2.70. The second kappa shape index (κ2) is 4.74. The zero-order valence-electron chi connectivity index (χ0n) is 15.0. The summed E-state index contributed by atoms with van der Waals surface area (Å²) in [4.78, 5) is 0. The third-order valence-electron chi connectivity index (χ3n) is 9.14. The second-order valence-corrected chi connectivity index (χ2v) is 10.4. The molecule has 4 saturated carbocycles. The number of fused-ring (bicyclic) bond motifs is 3. The first-order chi connectivity index (χ1) is 10.7. The molecule has 4 aliphatic rings. The van der Waals surface area contributed by atoms with Gasteiger partial charge in [0.25, 0.3) is 0 Å². The fourth-order valence-corrected chi connectivity index (χ4v) is 7.92. The first kappa shape index (κ1) is 16.4. The Balaban J connectivity index is 1.78. The van der Waals surface area contributed by atoms with E-state index in [1.807, 2.05) is 0 Å². The van der Waals surface area contributed by atoms with Crippen molar-refractivity contribution >= 4 is 0 Å². The van der Waals surface area contributed by atoms with Crippen LogP contribution in [-0.2, 0) is 0 Å². The fraction of sp³-hybridized carbons (Fsp3) is 1.00. The molecule has 0 amide bonds. The van der Waals surface area contributed by atoms with Gasteiger partial charge in [-0.15, -0.1) is 0 Å². The first-order valence-electron chi connectivity index (χ1n) is 9.67. The number of aliphatic hydroxyl groups is 3. The van der Waals surface area contributed by atoms with Crippen molar-refractivity contribution < 1.29 is 15.3 Å². The van der Waals surface area contributed by atoms with Gasteiger partial charge in [0.2, 0.25) is 0 Å². The molecule has 0 aromatic heterocycles. The van der Waals surface area contributed by atoms with Crippen LogP contribution >= 0.6 is 0 Å². The summed E-state index contributed by atoms with van der Waals surface area (Å²) in [6.45, 7) is 7.28. The van der Waals surface area contributed by atoms with Crippen LogP contribution in [0.15, 0.2) is 0 Å². The second-order valence-electron chi connectivity index (χ2n) is 10.4. The van der Waals surface area contributed by atoms with Crippen LogP contribution in [-0.4, -0.2) is 34.1 Å². The average Bonchev–Trinajstić information content (AvgIpc) is 2.83. The van der Waals surface area contributed by atoms with Crippen LogP contribution in [0.1, 0.15) is 72.1 Å². The minimum Gasteiger partial charge on any atom is -0.396 e. The maximum Gasteiger partial charge on any atom is 0.0621 e. The van der Waals surface area contributed by atoms with Gasteiger partial charge in [0.15, 0.2) is 0 Å². The van der Waals surface area contributed by atoms with Gasteiger partial charge in [0.1, 0.15) is 0 Å². The van der Waals surface area contributed by atoms with Crippen LogP contribution in [0.5, 0.6) is 0 Å². The Labute approximate surface area is 140 Å². The van der Waals surface area contributed by atoms with Crippen LogP contribution in [0.2, 0.25) is 0 Å². The molecule has 2 bridgehead atoms. The minimum atomic E-state index is -0.402. The molecule has 0 heterocycles. The predicted octanol–water partition coefficient (Wildman–Crippen LogP) is 3.11. The van der Waals surface area contributed by atoms with E-state index in [4.69, 9.17) is 0 Å². The molecule has 1 spiro atoms. The monoisotopic (exact) mass is 322 g/mol. The molecule has 4 fully saturated rings. The summed E-state index contributed by atoms with van der Waals surface area (Å²) >= 11 is 0. The molecule has 0 aliphatic heterocycles. The van der Waals surface area contributed by atoms with E-state index in [-0.39, 0.29) is 34.4 Å². The summed E-state index contributed by atoms with van der Waals surface area (Å²) in [5.41, 5.74) is 0.115. The Kier molecular flexibility index (Phi) is 3.37. The molecule has 0 saturated heterocycles. The standard InChI is InChI=1S/C20H34O3/c1-17(2)5-4-6-18(3)13(17)9-16(23)20-8-7-19(11-20,12-21)15(22)10-14(18)20/h13-16,21-23H,4-12H2,1-3H3/t13?,14?,15-,16+,18-,19+,20+/m1/s1. The molecule has 7 atom stereocenters. The Morgan fingerprint density at radius 3 is 2.26 bits per heavy atom. The number of hydrogen-bond acceptors (Lipinski definition) is 3. The van der Waals surface area contributed by atoms with Gasteiger partial charge < -0.3 is 15.3 Å². The molecule has 3 nitrogen and oxygen atoms in total. The van der Waals surface area contributed by atoms with E-state index in [1.165, 1.54) is 19.3 Å². The van der Waals surface area contributed by atoms with Crippen molar-refractivity contribution in [1.82, 2.24) is 0 Å². The molecule has 0 aromatic carbocycles. The Morgan fingerprint density at radius 2 is 1.57 bits per heavy atom. The summed E-state index contributed by atoms with van der Waals surface area (Å²) < 4.78 is 0. The number of aliphatic hydroxyl groups excluding tert-OH is 3. The van der Waals surface area contributed by atoms with Crippen molar-refractivity contribution in [3.05, 3.63) is 0 Å². The van der Waals surface area contributed by atoms with Crippen LogP contribution in [0.25, 0.3) is 0 Å². The van der Waals surface area contributed by atoms with Crippen molar-refractivity contribution in [2.24, 2.45) is 33.5 Å². The van der Waals surface area contributed by atoms with Crippen molar-refractivity contribution in [3.63, 3.8) is 0 Å². The normalized spacial score (nSPS) is 57.7. The predicted molar refractivity (Wildman–Crippen MR) is 89.8 cm³/mol. The van der Waals surface area contributed by atoms with Gasteiger partial charge in [-0.2, -0.15) is 0 Å². The summed E-state index contributed by atoms with van der Waals surface area (Å²) in [6.07, 6.45) is 7.47. The average molecular weight is 322 g/mol. The lowest BCUT2D eigenvalue weighted by Gasteiger charge is -2.66. The molecule has 4 aliphatic carbocycles. The van der Waals surface area contributed by atoms with Crippen LogP contribution in [0.4, 0.5) is 0 Å². The largest absolute Gasteiger partial charge is 0.396 e. The first-order valence-corrected chi connectivity index (χ1v) is 9.67. The molecule has 3 heteroatoms. The lowest BCUT2D eigenvalue weighted by molar-refractivity contribution is -0.221. The fourth-order valence-electron chi connectivity index (χ4n) is 7.92. The SMILES string of the molecule is CC1(C)CCC[C@]2(C)C1C[C@H](O)[C@@]13CC[C@@](CO)(C1)[C@H](O)CC23. The number of rotatable bonds is 1. The molecule has 2 unspecified atom stereocenters. The van der Waals surface area contributed by atoms with Crippen molar-refractivity contribution in [2.45, 2.75) is 84.3 Å². The van der Waals surface area contributed by atoms with Crippen LogP contribution in [0.3, 0.4) is 0 Å². The van der Waals surface area contributed by atoms with Gasteiger partial charge in [0, 0.05) is 10.8 Å². The zero-order valence-corrected chi connectivity index (χ0v) is 15.0. The Bertz CT molecular complexity index is 503. The topological polar surface area (TPSA) is 60.7 Å². The summed E-state index contributed by atoms with van der Waals surface area (Å²) in [5.74, 6) is 0.948. The quantitative estimate of drug-likeness (QED) is 0.695. The molecular formula is C20H34O3. The van der Waals surface area contributed by atoms with Crippen molar-refractivity contribution in [3.8, 4) is 0 Å². The highest BCUT2D eigenvalue weighted by molar-refractivity contribution is 5.19. The van der Waals surface area contributed by atoms with Crippen molar-refractivity contribution in [2.75, 3.05) is 6.61 Å². The third kappa shape index (κ3) is 1.88. The van der Waals surface area contributed by atoms with Crippen molar-refractivity contribution in [1.29, 1.82) is 0 Å². The third-order valence-corrected chi connectivity index (χ3v) is 9.14. The molecule has 4 rings (SSSR count). The van der Waals surface area contributed by atoms with Gasteiger partial charge in [0.05, 0.1) is 18.8 Å². The summed E-state index contributed by atoms with van der Waals surface area (Å²) in [5, 5.41) is 32.0. The van der Waals surface area contributed by atoms with Crippen LogP contribution < -0.4 is 0 Å². The van der Waals surface area contributed by atoms with E-state index >= 15 is 0 Å². The Morgan fingerprint density at radius 1 is 0.870 bits per heavy atom. The highest BCUT2D eigenvalue weighted by Crippen LogP contribution is 2.73. The van der Waals surface area contributed by atoms with E-state index in [0.29, 0.717) is 11.8 Å². The van der Waals surface area contributed by atoms with Gasteiger partial charge in [-0.05, 0) is 67.6 Å². The van der Waals surface area contributed by atoms with Crippen LogP contribution in [0, 0.1) is 33.5 Å². The molecule has 0 radical (unpaired) electrons. The molecule has 3 N–H and O–H groups in total. The minimum absolute atomic E-state index is 0.0549. The van der Waals surface area contributed by atoms with Gasteiger partial charge >= 0.3 is 0 Å². The van der Waals surface area contributed by atoms with Gasteiger partial charge in [-0.1, -0.05) is 27.2 Å². The zero-order chi connectivity index (χ0) is 16.7. The maximum absolute atomic E-state index is 11.2. The molecule has 132 valence electrons. The molecular weight excluding hydrogens is 288 g/mol. The molecule has 0 aromatic rings. The van der Waals surface area contributed by atoms with Gasteiger partial charge in [-0.3, -0.25) is 0 Å². The Hall–Kier alpha value is -0.120. The maximum atomic E-state index is 11.2. The smallest absolute Gasteiger partial charge is 0.0621 e. The number of hydrogen-bond donors (Lipinski definition) is 3. The van der Waals surface area contributed by atoms with E-state index in [1.54, 1.807) is 0 Å².